The molecular weight excluding hydrogens is 196 g/mol. The number of rotatable bonds is 5. The zero-order valence-corrected chi connectivity index (χ0v) is 9.49. The molecular formula is C9H20N4O2. The average Bonchev–Trinajstić information content (AvgIpc) is 2.15. The normalized spacial score (nSPS) is 14.7. The predicted molar refractivity (Wildman–Crippen MR) is 58.0 cm³/mol. The summed E-state index contributed by atoms with van der Waals surface area (Å²) in [6.07, 6.45) is 0. The molecule has 0 saturated carbocycles. The van der Waals surface area contributed by atoms with Gasteiger partial charge >= 0.3 is 6.03 Å². The van der Waals surface area contributed by atoms with Crippen LogP contribution in [0.25, 0.3) is 0 Å². The van der Waals surface area contributed by atoms with Gasteiger partial charge in [0.15, 0.2) is 0 Å². The second-order valence-electron chi connectivity index (χ2n) is 3.81. The highest BCUT2D eigenvalue weighted by atomic mass is 16.2. The first-order valence-electron chi connectivity index (χ1n) is 4.89. The molecule has 0 fully saturated rings. The molecule has 0 aromatic rings. The molecule has 0 aliphatic carbocycles. The molecule has 88 valence electrons. The summed E-state index contributed by atoms with van der Waals surface area (Å²) in [5.41, 5.74) is 10.3. The molecule has 6 heteroatoms. The average molecular weight is 216 g/mol. The molecule has 2 unspecified atom stereocenters. The molecule has 3 amide bonds. The van der Waals surface area contributed by atoms with Crippen molar-refractivity contribution in [3.63, 3.8) is 0 Å². The number of nitrogens with zero attached hydrogens (tertiary/aromatic N) is 1. The Morgan fingerprint density at radius 3 is 2.33 bits per heavy atom. The van der Waals surface area contributed by atoms with Crippen LogP contribution < -0.4 is 16.8 Å². The first-order valence-corrected chi connectivity index (χ1v) is 4.89. The van der Waals surface area contributed by atoms with Gasteiger partial charge in [0.25, 0.3) is 0 Å². The van der Waals surface area contributed by atoms with Crippen LogP contribution in [0.4, 0.5) is 4.79 Å². The molecule has 5 N–H and O–H groups in total. The van der Waals surface area contributed by atoms with Crippen LogP contribution in [0, 0.1) is 5.92 Å². The molecule has 0 radical (unpaired) electrons. The molecule has 15 heavy (non-hydrogen) atoms. The number of likely N-dealkylation sites (N-methyl/N-ethyl adjacent to an activating group) is 1. The van der Waals surface area contributed by atoms with Gasteiger partial charge < -0.3 is 11.5 Å². The number of carbonyl (C=O) groups excluding carboxylic acids is 2. The lowest BCUT2D eigenvalue weighted by Gasteiger charge is -2.25. The van der Waals surface area contributed by atoms with E-state index in [0.717, 1.165) is 0 Å². The second-order valence-corrected chi connectivity index (χ2v) is 3.81. The fourth-order valence-electron chi connectivity index (χ4n) is 1.15. The minimum absolute atomic E-state index is 0.304. The van der Waals surface area contributed by atoms with Gasteiger partial charge in [0.1, 0.15) is 0 Å². The van der Waals surface area contributed by atoms with Crippen molar-refractivity contribution < 1.29 is 9.59 Å². The smallest absolute Gasteiger partial charge is 0.318 e. The third kappa shape index (κ3) is 5.34. The van der Waals surface area contributed by atoms with E-state index in [-0.39, 0.29) is 0 Å². The molecule has 0 heterocycles. The van der Waals surface area contributed by atoms with Gasteiger partial charge in [-0.25, -0.2) is 4.79 Å². The second kappa shape index (κ2) is 6.36. The molecule has 0 aliphatic heterocycles. The van der Waals surface area contributed by atoms with E-state index in [9.17, 15) is 9.59 Å². The minimum Gasteiger partial charge on any atom is -0.351 e. The highest BCUT2D eigenvalue weighted by Crippen LogP contribution is 2.01. The lowest BCUT2D eigenvalue weighted by Crippen LogP contribution is -2.48. The number of nitrogens with one attached hydrogen (secondary N) is 1. The van der Waals surface area contributed by atoms with E-state index in [4.69, 9.17) is 11.5 Å². The molecule has 0 aliphatic rings. The van der Waals surface area contributed by atoms with Gasteiger partial charge in [-0.05, 0) is 26.4 Å². The zero-order chi connectivity index (χ0) is 12.0. The predicted octanol–water partition coefficient (Wildman–Crippen LogP) is -0.904. The highest BCUT2D eigenvalue weighted by Gasteiger charge is 2.19. The fourth-order valence-corrected chi connectivity index (χ4v) is 1.15. The van der Waals surface area contributed by atoms with Crippen LogP contribution in [0.15, 0.2) is 0 Å². The maximum Gasteiger partial charge on any atom is 0.318 e. The summed E-state index contributed by atoms with van der Waals surface area (Å²) < 4.78 is 0. The summed E-state index contributed by atoms with van der Waals surface area (Å²) in [5, 5.41) is 2.04. The Balaban J connectivity index is 4.12. The lowest BCUT2D eigenvalue weighted by atomic mass is 10.1. The van der Waals surface area contributed by atoms with E-state index in [1.807, 2.05) is 17.1 Å². The quantitative estimate of drug-likeness (QED) is 0.554. The maximum atomic E-state index is 11.4. The first kappa shape index (κ1) is 13.9. The minimum atomic E-state index is -0.827. The number of urea groups is 1. The molecule has 0 rings (SSSR count). The number of imide groups is 1. The van der Waals surface area contributed by atoms with Crippen LogP contribution in [0.5, 0.6) is 0 Å². The molecule has 6 nitrogen and oxygen atoms in total. The number of primary amides is 1. The lowest BCUT2D eigenvalue weighted by molar-refractivity contribution is -0.124. The van der Waals surface area contributed by atoms with Crippen LogP contribution in [0.2, 0.25) is 0 Å². The van der Waals surface area contributed by atoms with E-state index in [1.54, 1.807) is 14.0 Å². The van der Waals surface area contributed by atoms with Gasteiger partial charge in [0.05, 0.1) is 6.04 Å². The van der Waals surface area contributed by atoms with Gasteiger partial charge in [-0.3, -0.25) is 15.0 Å². The van der Waals surface area contributed by atoms with Crippen LogP contribution in [-0.4, -0.2) is 43.0 Å². The molecule has 0 bridgehead atoms. The summed E-state index contributed by atoms with van der Waals surface area (Å²) in [5.74, 6) is -0.0898. The Morgan fingerprint density at radius 1 is 1.40 bits per heavy atom. The number of hydrogen-bond acceptors (Lipinski definition) is 4. The van der Waals surface area contributed by atoms with Crippen molar-refractivity contribution in [1.82, 2.24) is 10.2 Å². The highest BCUT2D eigenvalue weighted by molar-refractivity contribution is 5.96. The van der Waals surface area contributed by atoms with Crippen molar-refractivity contribution in [2.45, 2.75) is 19.9 Å². The van der Waals surface area contributed by atoms with E-state index >= 15 is 0 Å². The van der Waals surface area contributed by atoms with Crippen LogP contribution >= 0.6 is 0 Å². The summed E-state index contributed by atoms with van der Waals surface area (Å²) >= 11 is 0. The fraction of sp³-hybridized carbons (Fsp3) is 0.778. The first-order chi connectivity index (χ1) is 6.88. The van der Waals surface area contributed by atoms with Crippen molar-refractivity contribution in [3.05, 3.63) is 0 Å². The van der Waals surface area contributed by atoms with Crippen molar-refractivity contribution >= 4 is 11.9 Å². The third-order valence-corrected chi connectivity index (χ3v) is 2.29. The molecule has 0 aromatic heterocycles. The Labute approximate surface area is 90.0 Å². The van der Waals surface area contributed by atoms with E-state index in [2.05, 4.69) is 0 Å². The molecule has 0 saturated heterocycles. The molecule has 0 spiro atoms. The van der Waals surface area contributed by atoms with Crippen molar-refractivity contribution in [2.24, 2.45) is 17.4 Å². The number of carbonyl (C=O) groups is 2. The zero-order valence-electron chi connectivity index (χ0n) is 9.49. The maximum absolute atomic E-state index is 11.4. The van der Waals surface area contributed by atoms with Gasteiger partial charge in [-0.2, -0.15) is 0 Å². The van der Waals surface area contributed by atoms with Crippen LogP contribution in [0.3, 0.4) is 0 Å². The van der Waals surface area contributed by atoms with Crippen molar-refractivity contribution in [3.8, 4) is 0 Å². The molecule has 0 aromatic carbocycles. The summed E-state index contributed by atoms with van der Waals surface area (Å²) in [6.45, 7) is 4.97. The van der Waals surface area contributed by atoms with Gasteiger partial charge in [-0.15, -0.1) is 0 Å². The Hall–Kier alpha value is -1.14. The Kier molecular flexibility index (Phi) is 5.88. The monoisotopic (exact) mass is 216 g/mol. The third-order valence-electron chi connectivity index (χ3n) is 2.29. The van der Waals surface area contributed by atoms with Gasteiger partial charge in [-0.1, -0.05) is 6.92 Å². The Morgan fingerprint density at radius 2 is 1.93 bits per heavy atom. The SMILES string of the molecule is CC(CN)CN(C)C(C)C(=O)NC(N)=O. The van der Waals surface area contributed by atoms with E-state index in [1.165, 1.54) is 0 Å². The van der Waals surface area contributed by atoms with Crippen LogP contribution in [0.1, 0.15) is 13.8 Å². The standard InChI is InChI=1S/C9H20N4O2/c1-6(4-10)5-13(3)7(2)8(14)12-9(11)15/h6-7H,4-5,10H2,1-3H3,(H3,11,12,14,15). The van der Waals surface area contributed by atoms with Gasteiger partial charge in [0.2, 0.25) is 5.91 Å². The number of nitrogens with two attached hydrogens (primary N) is 2. The largest absolute Gasteiger partial charge is 0.351 e. The summed E-state index contributed by atoms with van der Waals surface area (Å²) in [6, 6.07) is -1.22. The van der Waals surface area contributed by atoms with Crippen LogP contribution in [-0.2, 0) is 4.79 Å². The van der Waals surface area contributed by atoms with Crippen molar-refractivity contribution in [2.75, 3.05) is 20.1 Å². The summed E-state index contributed by atoms with van der Waals surface area (Å²) in [7, 11) is 1.80. The van der Waals surface area contributed by atoms with Gasteiger partial charge in [0, 0.05) is 6.54 Å². The Bertz CT molecular complexity index is 232. The van der Waals surface area contributed by atoms with E-state index in [0.29, 0.717) is 19.0 Å². The number of amides is 3. The topological polar surface area (TPSA) is 101 Å². The number of hydrogen-bond donors (Lipinski definition) is 3. The molecule has 2 atom stereocenters. The van der Waals surface area contributed by atoms with E-state index < -0.39 is 18.0 Å². The summed E-state index contributed by atoms with van der Waals surface area (Å²) in [4.78, 5) is 23.7. The van der Waals surface area contributed by atoms with Crippen molar-refractivity contribution in [1.29, 1.82) is 0 Å².